The third-order valence-corrected chi connectivity index (χ3v) is 8.80. The van der Waals surface area contributed by atoms with Crippen molar-refractivity contribution in [2.45, 2.75) is 25.4 Å². The van der Waals surface area contributed by atoms with Crippen LogP contribution in [0.3, 0.4) is 0 Å². The first-order valence-electron chi connectivity index (χ1n) is 16.4. The van der Waals surface area contributed by atoms with E-state index in [0.29, 0.717) is 30.4 Å². The molecule has 3 N–H and O–H groups in total. The molecule has 0 spiro atoms. The molecule has 250 valence electrons. The first-order chi connectivity index (χ1) is 24.0. The number of benzene rings is 2. The fraction of sp³-hybridized carbons (Fsp3) is 0.278. The van der Waals surface area contributed by atoms with Crippen LogP contribution >= 0.6 is 0 Å². The number of pyridine rings is 1. The molecule has 5 heterocycles. The van der Waals surface area contributed by atoms with Crippen LogP contribution in [0, 0.1) is 0 Å². The van der Waals surface area contributed by atoms with Crippen LogP contribution in [0.5, 0.6) is 0 Å². The predicted molar refractivity (Wildman–Crippen MR) is 189 cm³/mol. The number of carbonyl (C=O) groups is 2. The molecule has 2 saturated heterocycles. The highest BCUT2D eigenvalue weighted by molar-refractivity contribution is 6.00. The number of amides is 3. The number of ether oxygens (including phenoxy) is 1. The number of piperidine rings is 1. The molecule has 2 aliphatic heterocycles. The third kappa shape index (κ3) is 7.58. The fourth-order valence-corrected chi connectivity index (χ4v) is 6.22. The number of aromatic nitrogens is 5. The lowest BCUT2D eigenvalue weighted by molar-refractivity contribution is -0.111. The third-order valence-electron chi connectivity index (χ3n) is 8.80. The van der Waals surface area contributed by atoms with Gasteiger partial charge in [0.15, 0.2) is 11.5 Å². The van der Waals surface area contributed by atoms with Gasteiger partial charge in [0.1, 0.15) is 5.82 Å². The second kappa shape index (κ2) is 14.6. The number of carbonyl (C=O) groups excluding carboxylic acids is 2. The Morgan fingerprint density at radius 1 is 0.837 bits per heavy atom. The molecule has 0 bridgehead atoms. The Bertz CT molecular complexity index is 1920. The summed E-state index contributed by atoms with van der Waals surface area (Å²) in [6, 6.07) is 18.8. The van der Waals surface area contributed by atoms with Crippen LogP contribution in [0.15, 0.2) is 91.9 Å². The van der Waals surface area contributed by atoms with Crippen molar-refractivity contribution in [3.63, 3.8) is 0 Å². The lowest BCUT2D eigenvalue weighted by Crippen LogP contribution is -2.37. The van der Waals surface area contributed by atoms with Crippen molar-refractivity contribution < 1.29 is 14.3 Å². The largest absolute Gasteiger partial charge is 0.378 e. The zero-order valence-electron chi connectivity index (χ0n) is 27.1. The Balaban J connectivity index is 1.07. The van der Waals surface area contributed by atoms with Gasteiger partial charge in [-0.1, -0.05) is 18.7 Å². The van der Waals surface area contributed by atoms with Gasteiger partial charge in [0, 0.05) is 67.7 Å². The number of morpholine rings is 1. The first-order valence-corrected chi connectivity index (χ1v) is 16.4. The zero-order chi connectivity index (χ0) is 33.6. The van der Waals surface area contributed by atoms with Crippen molar-refractivity contribution in [3.05, 3.63) is 97.5 Å². The summed E-state index contributed by atoms with van der Waals surface area (Å²) < 4.78 is 7.72. The van der Waals surface area contributed by atoms with Gasteiger partial charge in [-0.3, -0.25) is 14.7 Å². The number of anilines is 4. The van der Waals surface area contributed by atoms with Crippen molar-refractivity contribution in [2.24, 2.45) is 0 Å². The average Bonchev–Trinajstić information content (AvgIpc) is 3.57. The topological polar surface area (TPSA) is 142 Å². The Kier molecular flexibility index (Phi) is 9.53. The summed E-state index contributed by atoms with van der Waals surface area (Å²) in [6.45, 7) is 8.97. The monoisotopic (exact) mass is 658 g/mol. The molecule has 3 aromatic heterocycles. The van der Waals surface area contributed by atoms with Crippen LogP contribution < -0.4 is 20.9 Å². The number of urea groups is 1. The fourth-order valence-electron chi connectivity index (χ4n) is 6.22. The van der Waals surface area contributed by atoms with E-state index in [4.69, 9.17) is 19.8 Å². The molecular formula is C36H38N10O3. The van der Waals surface area contributed by atoms with Crippen molar-refractivity contribution in [1.82, 2.24) is 29.6 Å². The molecule has 5 aromatic rings. The Labute approximate surface area is 284 Å². The second-order valence-electron chi connectivity index (χ2n) is 12.1. The van der Waals surface area contributed by atoms with Crippen molar-refractivity contribution in [2.75, 3.05) is 60.2 Å². The summed E-state index contributed by atoms with van der Waals surface area (Å²) in [6.07, 6.45) is 8.30. The number of hydrogen-bond donors (Lipinski definition) is 3. The number of fused-ring (bicyclic) bond motifs is 1. The van der Waals surface area contributed by atoms with Crippen LogP contribution in [-0.2, 0) is 16.1 Å². The van der Waals surface area contributed by atoms with E-state index in [9.17, 15) is 9.59 Å². The number of likely N-dealkylation sites (tertiary alicyclic amines) is 1. The van der Waals surface area contributed by atoms with Crippen molar-refractivity contribution in [1.29, 1.82) is 0 Å². The molecule has 13 heteroatoms. The molecule has 0 radical (unpaired) electrons. The van der Waals surface area contributed by atoms with Gasteiger partial charge in [0.05, 0.1) is 30.8 Å². The maximum Gasteiger partial charge on any atom is 0.323 e. The van der Waals surface area contributed by atoms with Crippen LogP contribution in [0.25, 0.3) is 22.4 Å². The number of nitrogens with zero attached hydrogens (tertiary/aromatic N) is 7. The normalized spacial score (nSPS) is 15.6. The van der Waals surface area contributed by atoms with Gasteiger partial charge >= 0.3 is 6.03 Å². The minimum Gasteiger partial charge on any atom is -0.378 e. The van der Waals surface area contributed by atoms with Gasteiger partial charge in [-0.05, 0) is 73.0 Å². The quantitative estimate of drug-likeness (QED) is 0.179. The number of nitrogens with one attached hydrogen (secondary N) is 3. The van der Waals surface area contributed by atoms with E-state index < -0.39 is 0 Å². The standard InChI is InChI=1S/C36H38N10O3/c1-2-32(47)39-27-7-3-25(4-8-27)24-44-17-13-30(14-18-44)46-35-31(23-38-46)34(45-19-21-49-22-20-45)42-33(43-35)26-5-9-28(10-6-26)40-36(48)41-29-11-15-37-16-12-29/h2-12,15-16,23,30H,1,13-14,17-22,24H2,(H,39,47)(H2,37,40,41,48). The molecule has 49 heavy (non-hydrogen) atoms. The van der Waals surface area contributed by atoms with E-state index in [1.807, 2.05) is 42.6 Å². The van der Waals surface area contributed by atoms with Crippen LogP contribution in [0.2, 0.25) is 0 Å². The van der Waals surface area contributed by atoms with Gasteiger partial charge in [-0.2, -0.15) is 5.10 Å². The Morgan fingerprint density at radius 3 is 2.18 bits per heavy atom. The molecule has 0 saturated carbocycles. The Morgan fingerprint density at radius 2 is 1.49 bits per heavy atom. The highest BCUT2D eigenvalue weighted by atomic mass is 16.5. The number of hydrogen-bond acceptors (Lipinski definition) is 9. The summed E-state index contributed by atoms with van der Waals surface area (Å²) in [5, 5.41) is 14.3. The highest BCUT2D eigenvalue weighted by Gasteiger charge is 2.26. The highest BCUT2D eigenvalue weighted by Crippen LogP contribution is 2.32. The molecule has 0 aliphatic carbocycles. The van der Waals surface area contributed by atoms with E-state index in [1.165, 1.54) is 11.6 Å². The van der Waals surface area contributed by atoms with Crippen LogP contribution in [0.4, 0.5) is 27.7 Å². The molecule has 13 nitrogen and oxygen atoms in total. The molecule has 2 fully saturated rings. The van der Waals surface area contributed by atoms with Gasteiger partial charge in [0.25, 0.3) is 0 Å². The summed E-state index contributed by atoms with van der Waals surface area (Å²) in [5.74, 6) is 1.25. The summed E-state index contributed by atoms with van der Waals surface area (Å²) in [4.78, 5) is 42.9. The minimum atomic E-state index is -0.340. The maximum absolute atomic E-state index is 12.5. The molecule has 2 aromatic carbocycles. The minimum absolute atomic E-state index is 0.205. The summed E-state index contributed by atoms with van der Waals surface area (Å²) in [5.41, 5.74) is 4.92. The van der Waals surface area contributed by atoms with E-state index >= 15 is 0 Å². The second-order valence-corrected chi connectivity index (χ2v) is 12.1. The summed E-state index contributed by atoms with van der Waals surface area (Å²) in [7, 11) is 0. The van der Waals surface area contributed by atoms with Gasteiger partial charge < -0.3 is 25.6 Å². The van der Waals surface area contributed by atoms with Gasteiger partial charge in [-0.15, -0.1) is 0 Å². The van der Waals surface area contributed by atoms with E-state index in [0.717, 1.165) is 73.7 Å². The molecule has 7 rings (SSSR count). The van der Waals surface area contributed by atoms with E-state index in [-0.39, 0.29) is 18.0 Å². The molecule has 0 unspecified atom stereocenters. The molecule has 0 atom stereocenters. The summed E-state index contributed by atoms with van der Waals surface area (Å²) >= 11 is 0. The van der Waals surface area contributed by atoms with Crippen molar-refractivity contribution >= 4 is 45.9 Å². The van der Waals surface area contributed by atoms with E-state index in [2.05, 4.69) is 54.1 Å². The molecule has 2 aliphatic rings. The van der Waals surface area contributed by atoms with Crippen LogP contribution in [0.1, 0.15) is 24.4 Å². The predicted octanol–water partition coefficient (Wildman–Crippen LogP) is 5.33. The van der Waals surface area contributed by atoms with Gasteiger partial charge in [0.2, 0.25) is 5.91 Å². The molecular weight excluding hydrogens is 620 g/mol. The smallest absolute Gasteiger partial charge is 0.323 e. The lowest BCUT2D eigenvalue weighted by atomic mass is 10.0. The first kappa shape index (κ1) is 31.9. The SMILES string of the molecule is C=CC(=O)Nc1ccc(CN2CCC(n3ncc4c(N5CCOCC5)nc(-c5ccc(NC(=O)Nc6ccncc6)cc5)nc43)CC2)cc1. The van der Waals surface area contributed by atoms with Crippen LogP contribution in [-0.4, -0.2) is 81.0 Å². The number of rotatable bonds is 9. The maximum atomic E-state index is 12.5. The van der Waals surface area contributed by atoms with E-state index in [1.54, 1.807) is 24.5 Å². The van der Waals surface area contributed by atoms with Crippen molar-refractivity contribution in [3.8, 4) is 11.4 Å². The zero-order valence-corrected chi connectivity index (χ0v) is 27.1. The average molecular weight is 659 g/mol. The lowest BCUT2D eigenvalue weighted by Gasteiger charge is -2.32. The van der Waals surface area contributed by atoms with Gasteiger partial charge in [-0.25, -0.2) is 19.4 Å². The Hall–Kier alpha value is -5.66. The molecule has 3 amide bonds.